The number of hydrogen-bond acceptors (Lipinski definition) is 3. The number of carbonyl (C=O) groups excluding carboxylic acids is 2. The quantitative estimate of drug-likeness (QED) is 0.0434. The molecule has 1 amide bonds. The number of quaternary nitrogens is 1. The number of halogens is 1. The third kappa shape index (κ3) is 34.3. The third-order valence-corrected chi connectivity index (χ3v) is 9.25. The highest BCUT2D eigenvalue weighted by atomic mass is 35.5. The van der Waals surface area contributed by atoms with Gasteiger partial charge in [-0.3, -0.25) is 4.79 Å². The molecule has 0 rings (SSSR count). The molecule has 0 saturated carbocycles. The van der Waals surface area contributed by atoms with E-state index in [0.29, 0.717) is 24.2 Å². The molecule has 0 aromatic carbocycles. The average Bonchev–Trinajstić information content (AvgIpc) is 2.99. The van der Waals surface area contributed by atoms with Crippen LogP contribution in [0, 0.1) is 5.92 Å². The highest BCUT2D eigenvalue weighted by molar-refractivity contribution is 5.78. The molecule has 45 heavy (non-hydrogen) atoms. The molecular weight excluding hydrogens is 580 g/mol. The van der Waals surface area contributed by atoms with E-state index in [9.17, 15) is 9.59 Å². The van der Waals surface area contributed by atoms with Crippen LogP contribution in [-0.4, -0.2) is 56.7 Å². The first-order chi connectivity index (χ1) is 21.3. The first-order valence-electron chi connectivity index (χ1n) is 19.6. The molecule has 5 nitrogen and oxygen atoms in total. The largest absolute Gasteiger partial charge is 1.00 e. The molecule has 0 fully saturated rings. The predicted octanol–water partition coefficient (Wildman–Crippen LogP) is 7.93. The van der Waals surface area contributed by atoms with Crippen LogP contribution >= 0.6 is 0 Å². The number of esters is 1. The Kier molecular flexibility index (Phi) is 35.5. The lowest BCUT2D eigenvalue weighted by Crippen LogP contribution is -3.00. The van der Waals surface area contributed by atoms with E-state index in [1.54, 1.807) is 0 Å². The number of unbranched alkanes of at least 4 members (excludes halogenated alkanes) is 23. The van der Waals surface area contributed by atoms with E-state index in [2.05, 4.69) is 40.2 Å². The lowest BCUT2D eigenvalue weighted by Gasteiger charge is -2.28. The predicted molar refractivity (Wildman–Crippen MR) is 191 cm³/mol. The van der Waals surface area contributed by atoms with Crippen molar-refractivity contribution in [3.63, 3.8) is 0 Å². The van der Waals surface area contributed by atoms with Crippen molar-refractivity contribution in [1.82, 2.24) is 5.32 Å². The number of ether oxygens (including phenoxy) is 1. The van der Waals surface area contributed by atoms with Crippen LogP contribution in [0.25, 0.3) is 0 Å². The fourth-order valence-electron chi connectivity index (χ4n) is 6.10. The minimum absolute atomic E-state index is 0. The molecule has 1 atom stereocenters. The van der Waals surface area contributed by atoms with E-state index < -0.39 is 0 Å². The van der Waals surface area contributed by atoms with Crippen LogP contribution in [0.2, 0.25) is 0 Å². The molecule has 0 aromatic rings. The smallest absolute Gasteiger partial charge is 0.361 e. The van der Waals surface area contributed by atoms with E-state index in [0.717, 1.165) is 38.6 Å². The molecule has 0 saturated heterocycles. The summed E-state index contributed by atoms with van der Waals surface area (Å²) in [6.07, 6.45) is 35.2. The monoisotopic (exact) mass is 659 g/mol. The van der Waals surface area contributed by atoms with Crippen molar-refractivity contribution < 1.29 is 31.2 Å². The zero-order chi connectivity index (χ0) is 32.6. The molecule has 0 aliphatic heterocycles. The average molecular weight is 660 g/mol. The Morgan fingerprint density at radius 2 is 0.956 bits per heavy atom. The van der Waals surface area contributed by atoms with Crippen LogP contribution in [-0.2, 0) is 14.3 Å². The molecule has 0 bridgehead atoms. The Hall–Kier alpha value is -0.810. The van der Waals surface area contributed by atoms with Gasteiger partial charge < -0.3 is 26.9 Å². The standard InChI is InChI=1S/C39H78N2O3.ClH/c1-6-8-10-12-14-16-18-20-21-23-25-27-29-32-37(3)39(43)40-33-31-34-41(4,5)36-38(42)44-35-30-28-26-24-22-19-17-15-13-11-9-7-2;/h37H,6-36H2,1-5H3;1H. The number of carbonyl (C=O) groups is 2. The Balaban J connectivity index is 0. The summed E-state index contributed by atoms with van der Waals surface area (Å²) in [4.78, 5) is 24.9. The maximum atomic E-state index is 12.5. The molecule has 270 valence electrons. The number of nitrogens with zero attached hydrogens (tertiary/aromatic N) is 1. The van der Waals surface area contributed by atoms with Gasteiger partial charge in [-0.25, -0.2) is 4.79 Å². The van der Waals surface area contributed by atoms with Crippen molar-refractivity contribution in [2.75, 3.05) is 40.3 Å². The molecule has 0 aliphatic rings. The van der Waals surface area contributed by atoms with Gasteiger partial charge in [0, 0.05) is 18.9 Å². The van der Waals surface area contributed by atoms with Gasteiger partial charge in [-0.1, -0.05) is 175 Å². The maximum Gasteiger partial charge on any atom is 0.361 e. The lowest BCUT2D eigenvalue weighted by molar-refractivity contribution is -0.883. The molecular formula is C39H79ClN2O3. The molecule has 0 aromatic heterocycles. The van der Waals surface area contributed by atoms with Gasteiger partial charge in [-0.15, -0.1) is 0 Å². The fourth-order valence-corrected chi connectivity index (χ4v) is 6.10. The van der Waals surface area contributed by atoms with Gasteiger partial charge in [0.25, 0.3) is 0 Å². The van der Waals surface area contributed by atoms with Crippen LogP contribution < -0.4 is 17.7 Å². The molecule has 0 spiro atoms. The van der Waals surface area contributed by atoms with Crippen molar-refractivity contribution >= 4 is 11.9 Å². The van der Waals surface area contributed by atoms with Gasteiger partial charge in [0.1, 0.15) is 0 Å². The van der Waals surface area contributed by atoms with E-state index in [1.807, 2.05) is 0 Å². The maximum absolute atomic E-state index is 12.5. The highest BCUT2D eigenvalue weighted by Gasteiger charge is 2.21. The summed E-state index contributed by atoms with van der Waals surface area (Å²) in [6.45, 7) is 9.07. The molecule has 6 heteroatoms. The molecule has 0 heterocycles. The minimum Gasteiger partial charge on any atom is -1.00 e. The molecule has 0 aliphatic carbocycles. The summed E-state index contributed by atoms with van der Waals surface area (Å²) in [5, 5.41) is 3.12. The van der Waals surface area contributed by atoms with Crippen LogP contribution in [0.15, 0.2) is 0 Å². The number of likely N-dealkylation sites (N-methyl/N-ethyl adjacent to an activating group) is 1. The van der Waals surface area contributed by atoms with Crippen molar-refractivity contribution in [3.8, 4) is 0 Å². The van der Waals surface area contributed by atoms with E-state index in [4.69, 9.17) is 4.74 Å². The number of amides is 1. The summed E-state index contributed by atoms with van der Waals surface area (Å²) in [5.41, 5.74) is 0. The highest BCUT2D eigenvalue weighted by Crippen LogP contribution is 2.15. The zero-order valence-electron chi connectivity index (χ0n) is 31.0. The van der Waals surface area contributed by atoms with E-state index in [-0.39, 0.29) is 30.2 Å². The second kappa shape index (κ2) is 34.5. The van der Waals surface area contributed by atoms with Crippen LogP contribution in [0.5, 0.6) is 0 Å². The summed E-state index contributed by atoms with van der Waals surface area (Å²) in [7, 11) is 4.15. The summed E-state index contributed by atoms with van der Waals surface area (Å²) in [6, 6.07) is 0. The van der Waals surface area contributed by atoms with Crippen molar-refractivity contribution in [2.24, 2.45) is 5.92 Å². The summed E-state index contributed by atoms with van der Waals surface area (Å²) in [5.74, 6) is 0.158. The summed E-state index contributed by atoms with van der Waals surface area (Å²) < 4.78 is 6.12. The van der Waals surface area contributed by atoms with Crippen LogP contribution in [0.1, 0.15) is 194 Å². The molecule has 1 unspecified atom stereocenters. The Morgan fingerprint density at radius 1 is 0.578 bits per heavy atom. The van der Waals surface area contributed by atoms with Gasteiger partial charge in [0.2, 0.25) is 5.91 Å². The molecule has 0 radical (unpaired) electrons. The first-order valence-corrected chi connectivity index (χ1v) is 19.6. The van der Waals surface area contributed by atoms with Crippen LogP contribution in [0.3, 0.4) is 0 Å². The Bertz CT molecular complexity index is 644. The minimum atomic E-state index is -0.103. The fraction of sp³-hybridized carbons (Fsp3) is 0.949. The van der Waals surface area contributed by atoms with Crippen molar-refractivity contribution in [2.45, 2.75) is 194 Å². The Labute approximate surface area is 288 Å². The van der Waals surface area contributed by atoms with E-state index >= 15 is 0 Å². The second-order valence-corrected chi connectivity index (χ2v) is 14.5. The first kappa shape index (κ1) is 46.3. The van der Waals surface area contributed by atoms with Crippen LogP contribution in [0.4, 0.5) is 0 Å². The van der Waals surface area contributed by atoms with Gasteiger partial charge in [-0.2, -0.15) is 0 Å². The van der Waals surface area contributed by atoms with Gasteiger partial charge in [0.05, 0.1) is 27.2 Å². The zero-order valence-corrected chi connectivity index (χ0v) is 31.8. The SMILES string of the molecule is CCCCCCCCCCCCCCCC(C)C(=O)NCCC[N+](C)(C)CC(=O)OCCCCCCCCCCCCCC.[Cl-]. The van der Waals surface area contributed by atoms with Crippen molar-refractivity contribution in [1.29, 1.82) is 0 Å². The normalized spacial score (nSPS) is 12.1. The number of rotatable bonds is 34. The summed E-state index contributed by atoms with van der Waals surface area (Å²) >= 11 is 0. The van der Waals surface area contributed by atoms with Gasteiger partial charge in [0.15, 0.2) is 6.54 Å². The number of nitrogens with one attached hydrogen (secondary N) is 1. The Morgan fingerprint density at radius 3 is 1.38 bits per heavy atom. The molecule has 1 N–H and O–H groups in total. The van der Waals surface area contributed by atoms with E-state index in [1.165, 1.54) is 141 Å². The van der Waals surface area contributed by atoms with Gasteiger partial charge >= 0.3 is 5.97 Å². The second-order valence-electron chi connectivity index (χ2n) is 14.5. The topological polar surface area (TPSA) is 55.4 Å². The lowest BCUT2D eigenvalue weighted by atomic mass is 10.0. The van der Waals surface area contributed by atoms with Gasteiger partial charge in [-0.05, 0) is 12.8 Å². The number of hydrogen-bond donors (Lipinski definition) is 1. The third-order valence-electron chi connectivity index (χ3n) is 9.25. The van der Waals surface area contributed by atoms with Crippen molar-refractivity contribution in [3.05, 3.63) is 0 Å².